The van der Waals surface area contributed by atoms with E-state index in [2.05, 4.69) is 37.1 Å². The molecule has 0 aromatic rings. The summed E-state index contributed by atoms with van der Waals surface area (Å²) in [5.41, 5.74) is 1.38. The highest BCUT2D eigenvalue weighted by atomic mass is 16.2. The first-order valence-corrected chi connectivity index (χ1v) is 8.49. The van der Waals surface area contributed by atoms with Gasteiger partial charge in [-0.2, -0.15) is 0 Å². The number of nitrogens with zero attached hydrogens (tertiary/aromatic N) is 2. The van der Waals surface area contributed by atoms with E-state index in [4.69, 9.17) is 0 Å². The van der Waals surface area contributed by atoms with Gasteiger partial charge in [-0.15, -0.1) is 0 Å². The summed E-state index contributed by atoms with van der Waals surface area (Å²) in [4.78, 5) is 17.2. The van der Waals surface area contributed by atoms with Crippen molar-refractivity contribution in [2.45, 2.75) is 45.6 Å². The van der Waals surface area contributed by atoms with E-state index >= 15 is 0 Å². The number of likely N-dealkylation sites (tertiary alicyclic amines) is 1. The number of fused-ring (bicyclic) bond motifs is 1. The van der Waals surface area contributed by atoms with Crippen molar-refractivity contribution >= 4 is 5.91 Å². The Morgan fingerprint density at radius 1 is 1.48 bits per heavy atom. The van der Waals surface area contributed by atoms with Gasteiger partial charge in [0.15, 0.2) is 0 Å². The summed E-state index contributed by atoms with van der Waals surface area (Å²) in [6.45, 7) is 11.4. The van der Waals surface area contributed by atoms with E-state index in [1.165, 1.54) is 12.1 Å². The first-order valence-electron chi connectivity index (χ1n) is 8.49. The molecule has 0 radical (unpaired) electrons. The van der Waals surface area contributed by atoms with Gasteiger partial charge in [-0.05, 0) is 58.4 Å². The molecule has 0 bridgehead atoms. The number of nitrogens with one attached hydrogen (secondary N) is 1. The van der Waals surface area contributed by atoms with E-state index in [1.807, 2.05) is 4.90 Å². The Morgan fingerprint density at radius 2 is 2.29 bits per heavy atom. The molecule has 0 aromatic carbocycles. The van der Waals surface area contributed by atoms with Gasteiger partial charge in [-0.3, -0.25) is 9.69 Å². The van der Waals surface area contributed by atoms with E-state index < -0.39 is 0 Å². The monoisotopic (exact) mass is 291 g/mol. The highest BCUT2D eigenvalue weighted by Gasteiger charge is 2.49. The van der Waals surface area contributed by atoms with Crippen molar-refractivity contribution in [3.63, 3.8) is 0 Å². The Kier molecular flexibility index (Phi) is 4.10. The minimum Gasteiger partial charge on any atom is -0.316 e. The molecule has 3 aliphatic rings. The third-order valence-corrected chi connectivity index (χ3v) is 5.82. The topological polar surface area (TPSA) is 35.6 Å². The smallest absolute Gasteiger partial charge is 0.240 e. The van der Waals surface area contributed by atoms with Crippen LogP contribution in [0.5, 0.6) is 0 Å². The van der Waals surface area contributed by atoms with Crippen LogP contribution in [0.3, 0.4) is 0 Å². The maximum Gasteiger partial charge on any atom is 0.240 e. The second-order valence-electron chi connectivity index (χ2n) is 7.28. The zero-order chi connectivity index (χ0) is 15.0. The number of carbonyl (C=O) groups excluding carboxylic acids is 1. The Hall–Kier alpha value is -0.870. The minimum atomic E-state index is 0.132. The van der Waals surface area contributed by atoms with E-state index in [0.29, 0.717) is 18.4 Å². The molecule has 118 valence electrons. The third-order valence-electron chi connectivity index (χ3n) is 5.82. The van der Waals surface area contributed by atoms with E-state index in [0.717, 1.165) is 39.0 Å². The fourth-order valence-corrected chi connectivity index (χ4v) is 4.46. The van der Waals surface area contributed by atoms with Crippen LogP contribution in [0.15, 0.2) is 11.8 Å². The summed E-state index contributed by atoms with van der Waals surface area (Å²) in [7, 11) is 0. The van der Waals surface area contributed by atoms with Crippen LogP contribution < -0.4 is 5.32 Å². The molecule has 2 saturated heterocycles. The fourth-order valence-electron chi connectivity index (χ4n) is 4.46. The number of amides is 1. The minimum absolute atomic E-state index is 0.132. The van der Waals surface area contributed by atoms with Crippen LogP contribution in [0.1, 0.15) is 40.0 Å². The van der Waals surface area contributed by atoms with Crippen molar-refractivity contribution in [2.75, 3.05) is 32.7 Å². The van der Waals surface area contributed by atoms with Crippen LogP contribution in [-0.4, -0.2) is 54.0 Å². The third kappa shape index (κ3) is 2.64. The van der Waals surface area contributed by atoms with Crippen molar-refractivity contribution in [1.29, 1.82) is 0 Å². The Morgan fingerprint density at radius 3 is 2.90 bits per heavy atom. The molecule has 2 unspecified atom stereocenters. The lowest BCUT2D eigenvalue weighted by Gasteiger charge is -2.36. The number of rotatable bonds is 4. The lowest BCUT2D eigenvalue weighted by Crippen LogP contribution is -2.49. The molecule has 2 atom stereocenters. The van der Waals surface area contributed by atoms with Crippen molar-refractivity contribution in [3.8, 4) is 0 Å². The maximum atomic E-state index is 12.8. The van der Waals surface area contributed by atoms with Crippen molar-refractivity contribution in [3.05, 3.63) is 11.8 Å². The van der Waals surface area contributed by atoms with Gasteiger partial charge in [0.1, 0.15) is 0 Å². The molecule has 2 heterocycles. The van der Waals surface area contributed by atoms with Gasteiger partial charge in [0, 0.05) is 30.9 Å². The van der Waals surface area contributed by atoms with Gasteiger partial charge in [-0.25, -0.2) is 0 Å². The van der Waals surface area contributed by atoms with E-state index in [-0.39, 0.29) is 11.4 Å². The maximum absolute atomic E-state index is 12.8. The molecule has 3 rings (SSSR count). The van der Waals surface area contributed by atoms with Crippen LogP contribution in [0.4, 0.5) is 0 Å². The van der Waals surface area contributed by atoms with Gasteiger partial charge in [0.05, 0.1) is 6.54 Å². The first-order chi connectivity index (χ1) is 10.0. The van der Waals surface area contributed by atoms with Gasteiger partial charge in [0.2, 0.25) is 5.91 Å². The predicted molar refractivity (Wildman–Crippen MR) is 84.8 cm³/mol. The molecule has 2 fully saturated rings. The van der Waals surface area contributed by atoms with Crippen molar-refractivity contribution in [1.82, 2.24) is 15.1 Å². The average Bonchev–Trinajstić information content (AvgIpc) is 3.12. The highest BCUT2D eigenvalue weighted by molar-refractivity contribution is 5.80. The molecule has 4 nitrogen and oxygen atoms in total. The van der Waals surface area contributed by atoms with E-state index in [9.17, 15) is 4.79 Å². The molecular formula is C17H29N3O. The molecule has 0 spiro atoms. The largest absolute Gasteiger partial charge is 0.316 e. The molecule has 2 aliphatic heterocycles. The molecule has 0 saturated carbocycles. The second kappa shape index (κ2) is 5.73. The van der Waals surface area contributed by atoms with Gasteiger partial charge in [-0.1, -0.05) is 6.08 Å². The zero-order valence-corrected chi connectivity index (χ0v) is 13.7. The summed E-state index contributed by atoms with van der Waals surface area (Å²) >= 11 is 0. The average molecular weight is 291 g/mol. The molecule has 21 heavy (non-hydrogen) atoms. The van der Waals surface area contributed by atoms with Crippen LogP contribution in [0.2, 0.25) is 0 Å². The standard InChI is InChI=1S/C17H29N3O/c1-4-20(14-7-5-6-8-14)16(21)12-19-11-13-9-18-10-15(13)17(19,2)3/h7,13,15,18H,4-6,8-12H2,1-3H3. The Labute approximate surface area is 128 Å². The van der Waals surface area contributed by atoms with Crippen molar-refractivity contribution in [2.24, 2.45) is 11.8 Å². The van der Waals surface area contributed by atoms with Crippen LogP contribution in [-0.2, 0) is 4.79 Å². The number of likely N-dealkylation sites (N-methyl/N-ethyl adjacent to an activating group) is 1. The molecule has 1 amide bonds. The van der Waals surface area contributed by atoms with E-state index in [1.54, 1.807) is 0 Å². The molecule has 0 aromatic heterocycles. The van der Waals surface area contributed by atoms with Crippen molar-refractivity contribution < 1.29 is 4.79 Å². The Bertz CT molecular complexity index is 443. The quantitative estimate of drug-likeness (QED) is 0.858. The number of hydrogen-bond donors (Lipinski definition) is 1. The van der Waals surface area contributed by atoms with Gasteiger partial charge >= 0.3 is 0 Å². The summed E-state index contributed by atoms with van der Waals surface area (Å²) in [6, 6.07) is 0. The fraction of sp³-hybridized carbons (Fsp3) is 0.824. The molecule has 1 N–H and O–H groups in total. The molecule has 4 heteroatoms. The van der Waals surface area contributed by atoms with Crippen LogP contribution in [0, 0.1) is 11.8 Å². The van der Waals surface area contributed by atoms with Gasteiger partial charge < -0.3 is 10.2 Å². The van der Waals surface area contributed by atoms with Crippen LogP contribution >= 0.6 is 0 Å². The Balaban J connectivity index is 1.67. The summed E-state index contributed by atoms with van der Waals surface area (Å²) < 4.78 is 0. The normalized spacial score (nSPS) is 31.3. The SMILES string of the molecule is CCN(C(=O)CN1CC2CNCC2C1(C)C)C1=CCCC1. The summed E-state index contributed by atoms with van der Waals surface area (Å²) in [6.07, 6.45) is 5.64. The van der Waals surface area contributed by atoms with Crippen LogP contribution in [0.25, 0.3) is 0 Å². The van der Waals surface area contributed by atoms with Gasteiger partial charge in [0.25, 0.3) is 0 Å². The lowest BCUT2D eigenvalue weighted by molar-refractivity contribution is -0.131. The first kappa shape index (κ1) is 15.0. The molecule has 1 aliphatic carbocycles. The molecular weight excluding hydrogens is 262 g/mol. The summed E-state index contributed by atoms with van der Waals surface area (Å²) in [5, 5.41) is 3.50. The predicted octanol–water partition coefficient (Wildman–Crippen LogP) is 1.83. The summed E-state index contributed by atoms with van der Waals surface area (Å²) in [5.74, 6) is 1.69. The zero-order valence-electron chi connectivity index (χ0n) is 13.7. The number of hydrogen-bond acceptors (Lipinski definition) is 3. The lowest BCUT2D eigenvalue weighted by atomic mass is 9.85. The number of carbonyl (C=O) groups is 1. The highest BCUT2D eigenvalue weighted by Crippen LogP contribution is 2.40. The number of allylic oxidation sites excluding steroid dienone is 2. The second-order valence-corrected chi connectivity index (χ2v) is 7.28.